The number of aliphatic hydroxyl groups excluding tert-OH is 1. The summed E-state index contributed by atoms with van der Waals surface area (Å²) < 4.78 is 20.1. The van der Waals surface area contributed by atoms with Gasteiger partial charge in [-0.15, -0.1) is 0 Å². The summed E-state index contributed by atoms with van der Waals surface area (Å²) in [7, 11) is 0. The predicted molar refractivity (Wildman–Crippen MR) is 76.3 cm³/mol. The van der Waals surface area contributed by atoms with Crippen LogP contribution >= 0.6 is 27.5 Å². The molecule has 0 spiro atoms. The summed E-state index contributed by atoms with van der Waals surface area (Å²) in [5, 5.41) is 9.75. The molecule has 19 heavy (non-hydrogen) atoms. The molecular formula is C14H11BrClFO2. The minimum absolute atomic E-state index is 0.0635. The summed E-state index contributed by atoms with van der Waals surface area (Å²) in [5.41, 5.74) is 0.492. The van der Waals surface area contributed by atoms with Gasteiger partial charge in [0.05, 0.1) is 11.1 Å². The van der Waals surface area contributed by atoms with Gasteiger partial charge < -0.3 is 9.84 Å². The third-order valence-corrected chi connectivity index (χ3v) is 3.34. The van der Waals surface area contributed by atoms with Gasteiger partial charge in [0, 0.05) is 4.47 Å². The van der Waals surface area contributed by atoms with Gasteiger partial charge in [-0.3, -0.25) is 0 Å². The number of halogens is 3. The van der Waals surface area contributed by atoms with Crippen LogP contribution in [0, 0.1) is 5.82 Å². The van der Waals surface area contributed by atoms with E-state index in [-0.39, 0.29) is 5.75 Å². The highest BCUT2D eigenvalue weighted by molar-refractivity contribution is 9.10. The molecule has 2 aromatic carbocycles. The van der Waals surface area contributed by atoms with E-state index in [0.29, 0.717) is 16.3 Å². The molecule has 100 valence electrons. The summed E-state index contributed by atoms with van der Waals surface area (Å²) in [4.78, 5) is 0. The van der Waals surface area contributed by atoms with E-state index in [2.05, 4.69) is 15.9 Å². The van der Waals surface area contributed by atoms with Crippen molar-refractivity contribution in [3.63, 3.8) is 0 Å². The molecule has 0 bridgehead atoms. The maximum absolute atomic E-state index is 13.8. The normalized spacial score (nSPS) is 12.3. The summed E-state index contributed by atoms with van der Waals surface area (Å²) in [5.74, 6) is -0.112. The molecule has 1 atom stereocenters. The molecule has 0 saturated carbocycles. The lowest BCUT2D eigenvalue weighted by Crippen LogP contribution is -1.94. The van der Waals surface area contributed by atoms with Crippen molar-refractivity contribution in [3.05, 3.63) is 57.3 Å². The van der Waals surface area contributed by atoms with Crippen LogP contribution in [0.1, 0.15) is 18.6 Å². The molecule has 0 heterocycles. The number of aliphatic hydroxyl groups is 1. The Bertz CT molecular complexity index is 602. The van der Waals surface area contributed by atoms with E-state index in [1.54, 1.807) is 31.2 Å². The topological polar surface area (TPSA) is 29.5 Å². The van der Waals surface area contributed by atoms with Gasteiger partial charge in [-0.05, 0) is 42.8 Å². The fourth-order valence-corrected chi connectivity index (χ4v) is 2.25. The first-order valence-electron chi connectivity index (χ1n) is 5.58. The van der Waals surface area contributed by atoms with E-state index < -0.39 is 11.9 Å². The molecule has 0 aromatic heterocycles. The molecule has 1 unspecified atom stereocenters. The molecule has 0 aliphatic rings. The van der Waals surface area contributed by atoms with Crippen molar-refractivity contribution >= 4 is 27.5 Å². The van der Waals surface area contributed by atoms with E-state index in [1.165, 1.54) is 12.1 Å². The van der Waals surface area contributed by atoms with Gasteiger partial charge in [0.2, 0.25) is 0 Å². The van der Waals surface area contributed by atoms with Crippen LogP contribution in [-0.4, -0.2) is 5.11 Å². The van der Waals surface area contributed by atoms with Crippen molar-refractivity contribution in [1.29, 1.82) is 0 Å². The smallest absolute Gasteiger partial charge is 0.166 e. The van der Waals surface area contributed by atoms with Crippen LogP contribution in [0.15, 0.2) is 40.9 Å². The number of benzene rings is 2. The Hall–Kier alpha value is -1.10. The number of hydrogen-bond donors (Lipinski definition) is 1. The maximum atomic E-state index is 13.8. The second-order valence-corrected chi connectivity index (χ2v) is 5.37. The zero-order valence-corrected chi connectivity index (χ0v) is 12.4. The quantitative estimate of drug-likeness (QED) is 0.840. The number of hydrogen-bond acceptors (Lipinski definition) is 2. The van der Waals surface area contributed by atoms with E-state index in [1.807, 2.05) is 0 Å². The van der Waals surface area contributed by atoms with E-state index in [4.69, 9.17) is 16.3 Å². The van der Waals surface area contributed by atoms with E-state index in [9.17, 15) is 9.50 Å². The van der Waals surface area contributed by atoms with Crippen LogP contribution in [0.5, 0.6) is 11.5 Å². The summed E-state index contributed by atoms with van der Waals surface area (Å²) in [6.07, 6.45) is -0.722. The lowest BCUT2D eigenvalue weighted by molar-refractivity contribution is 0.198. The second kappa shape index (κ2) is 5.90. The van der Waals surface area contributed by atoms with Crippen LogP contribution in [0.4, 0.5) is 4.39 Å². The minimum Gasteiger partial charge on any atom is -0.453 e. The molecule has 0 fully saturated rings. The fourth-order valence-electron chi connectivity index (χ4n) is 1.54. The van der Waals surface area contributed by atoms with Crippen LogP contribution in [0.25, 0.3) is 0 Å². The molecule has 2 nitrogen and oxygen atoms in total. The van der Waals surface area contributed by atoms with E-state index in [0.717, 1.165) is 4.47 Å². The first-order chi connectivity index (χ1) is 8.97. The first kappa shape index (κ1) is 14.3. The van der Waals surface area contributed by atoms with Crippen molar-refractivity contribution in [2.75, 3.05) is 0 Å². The molecule has 1 N–H and O–H groups in total. The molecule has 0 saturated heterocycles. The Morgan fingerprint density at radius 2 is 1.89 bits per heavy atom. The second-order valence-electron chi connectivity index (χ2n) is 4.04. The van der Waals surface area contributed by atoms with Gasteiger partial charge in [-0.1, -0.05) is 33.6 Å². The molecular weight excluding hydrogens is 335 g/mol. The Labute approximate surface area is 123 Å². The van der Waals surface area contributed by atoms with Gasteiger partial charge in [-0.25, -0.2) is 4.39 Å². The molecule has 2 rings (SSSR count). The molecule has 0 amide bonds. The minimum atomic E-state index is -0.722. The Morgan fingerprint density at radius 1 is 1.21 bits per heavy atom. The standard InChI is InChI=1S/C14H11BrClFO2/c1-8(18)9-2-4-14(12(17)6-9)19-13-5-3-10(15)7-11(13)16/h2-8,18H,1H3. The lowest BCUT2D eigenvalue weighted by atomic mass is 10.1. The van der Waals surface area contributed by atoms with Crippen LogP contribution in [-0.2, 0) is 0 Å². The zero-order chi connectivity index (χ0) is 14.0. The van der Waals surface area contributed by atoms with Crippen molar-refractivity contribution in [2.24, 2.45) is 0 Å². The Kier molecular flexibility index (Phi) is 4.45. The molecule has 0 aliphatic carbocycles. The zero-order valence-electron chi connectivity index (χ0n) is 10.0. The van der Waals surface area contributed by atoms with Crippen LogP contribution in [0.2, 0.25) is 5.02 Å². The van der Waals surface area contributed by atoms with Gasteiger partial charge in [0.1, 0.15) is 5.75 Å². The molecule has 5 heteroatoms. The van der Waals surface area contributed by atoms with Crippen molar-refractivity contribution in [3.8, 4) is 11.5 Å². The number of ether oxygens (including phenoxy) is 1. The first-order valence-corrected chi connectivity index (χ1v) is 6.75. The molecule has 0 aliphatic heterocycles. The molecule has 0 radical (unpaired) electrons. The predicted octanol–water partition coefficient (Wildman–Crippen LogP) is 5.09. The molecule has 2 aromatic rings. The average molecular weight is 346 g/mol. The largest absolute Gasteiger partial charge is 0.453 e. The van der Waals surface area contributed by atoms with Gasteiger partial charge in [0.25, 0.3) is 0 Å². The highest BCUT2D eigenvalue weighted by Gasteiger charge is 2.10. The van der Waals surface area contributed by atoms with Gasteiger partial charge >= 0.3 is 0 Å². The third kappa shape index (κ3) is 3.47. The van der Waals surface area contributed by atoms with Gasteiger partial charge in [0.15, 0.2) is 11.6 Å². The van der Waals surface area contributed by atoms with Crippen molar-refractivity contribution in [2.45, 2.75) is 13.0 Å². The Morgan fingerprint density at radius 3 is 2.47 bits per heavy atom. The lowest BCUT2D eigenvalue weighted by Gasteiger charge is -2.11. The van der Waals surface area contributed by atoms with Crippen molar-refractivity contribution < 1.29 is 14.2 Å². The maximum Gasteiger partial charge on any atom is 0.166 e. The van der Waals surface area contributed by atoms with E-state index >= 15 is 0 Å². The summed E-state index contributed by atoms with van der Waals surface area (Å²) in [6.45, 7) is 1.57. The summed E-state index contributed by atoms with van der Waals surface area (Å²) in [6, 6.07) is 9.38. The SMILES string of the molecule is CC(O)c1ccc(Oc2ccc(Br)cc2Cl)c(F)c1. The summed E-state index contributed by atoms with van der Waals surface area (Å²) >= 11 is 9.28. The fraction of sp³-hybridized carbons (Fsp3) is 0.143. The third-order valence-electron chi connectivity index (χ3n) is 2.55. The van der Waals surface area contributed by atoms with Crippen LogP contribution < -0.4 is 4.74 Å². The highest BCUT2D eigenvalue weighted by atomic mass is 79.9. The van der Waals surface area contributed by atoms with Crippen LogP contribution in [0.3, 0.4) is 0 Å². The van der Waals surface area contributed by atoms with Gasteiger partial charge in [-0.2, -0.15) is 0 Å². The monoisotopic (exact) mass is 344 g/mol. The number of rotatable bonds is 3. The Balaban J connectivity index is 2.28. The average Bonchev–Trinajstić information content (AvgIpc) is 2.34. The highest BCUT2D eigenvalue weighted by Crippen LogP contribution is 2.33. The van der Waals surface area contributed by atoms with Crippen molar-refractivity contribution in [1.82, 2.24) is 0 Å².